The Balaban J connectivity index is 1.54. The van der Waals surface area contributed by atoms with Crippen LogP contribution in [0.3, 0.4) is 0 Å². The van der Waals surface area contributed by atoms with E-state index in [2.05, 4.69) is 10.1 Å². The minimum absolute atomic E-state index is 0.00201. The van der Waals surface area contributed by atoms with Crippen molar-refractivity contribution in [3.05, 3.63) is 66.1 Å². The normalized spacial score (nSPS) is 14.4. The number of hydrogen-bond acceptors (Lipinski definition) is 3. The van der Waals surface area contributed by atoms with Gasteiger partial charge in [0.05, 0.1) is 17.5 Å². The van der Waals surface area contributed by atoms with E-state index in [-0.39, 0.29) is 11.6 Å². The van der Waals surface area contributed by atoms with Gasteiger partial charge in [-0.05, 0) is 43.5 Å². The molecule has 1 fully saturated rings. The van der Waals surface area contributed by atoms with Gasteiger partial charge in [0.15, 0.2) is 5.82 Å². The number of piperidine rings is 1. The van der Waals surface area contributed by atoms with Crippen LogP contribution in [-0.4, -0.2) is 38.7 Å². The maximum absolute atomic E-state index is 13.9. The molecule has 3 aromatic rings. The first-order valence-electron chi connectivity index (χ1n) is 8.87. The van der Waals surface area contributed by atoms with Crippen molar-refractivity contribution in [2.45, 2.75) is 19.3 Å². The molecule has 1 aliphatic heterocycles. The van der Waals surface area contributed by atoms with Gasteiger partial charge < -0.3 is 4.90 Å². The number of carbonyl (C=O) groups is 1. The van der Waals surface area contributed by atoms with Crippen LogP contribution < -0.4 is 0 Å². The summed E-state index contributed by atoms with van der Waals surface area (Å²) in [6.45, 7) is 1.58. The van der Waals surface area contributed by atoms with Crippen molar-refractivity contribution in [3.63, 3.8) is 0 Å². The summed E-state index contributed by atoms with van der Waals surface area (Å²) in [6.07, 6.45) is 7.97. The fourth-order valence-electron chi connectivity index (χ4n) is 3.22. The molecular weight excluding hydrogens is 350 g/mol. The summed E-state index contributed by atoms with van der Waals surface area (Å²) in [7, 11) is 0. The molecule has 0 unspecified atom stereocenters. The topological polar surface area (TPSA) is 51.0 Å². The lowest BCUT2D eigenvalue weighted by atomic mass is 10.1. The third-order valence-corrected chi connectivity index (χ3v) is 4.69. The molecule has 3 heterocycles. The Labute approximate surface area is 155 Å². The quantitative estimate of drug-likeness (QED) is 0.706. The molecule has 7 heteroatoms. The number of carbonyl (C=O) groups excluding carboxylic acids is 1. The number of nitrogens with zero attached hydrogens (tertiary/aromatic N) is 4. The molecule has 1 saturated heterocycles. The lowest BCUT2D eigenvalue weighted by molar-refractivity contribution is 0.0724. The lowest BCUT2D eigenvalue weighted by Crippen LogP contribution is -2.35. The molecule has 0 bridgehead atoms. The van der Waals surface area contributed by atoms with Crippen LogP contribution >= 0.6 is 0 Å². The van der Waals surface area contributed by atoms with Crippen LogP contribution in [0.25, 0.3) is 16.9 Å². The highest BCUT2D eigenvalue weighted by molar-refractivity contribution is 5.94. The van der Waals surface area contributed by atoms with E-state index < -0.39 is 11.6 Å². The Morgan fingerprint density at radius 1 is 1.00 bits per heavy atom. The van der Waals surface area contributed by atoms with E-state index >= 15 is 0 Å². The third-order valence-electron chi connectivity index (χ3n) is 4.69. The zero-order valence-corrected chi connectivity index (χ0v) is 14.6. The number of amides is 1. The molecule has 1 aromatic carbocycles. The van der Waals surface area contributed by atoms with Crippen LogP contribution in [0.5, 0.6) is 0 Å². The van der Waals surface area contributed by atoms with E-state index in [1.807, 2.05) is 4.90 Å². The molecule has 5 nitrogen and oxygen atoms in total. The molecule has 27 heavy (non-hydrogen) atoms. The average molecular weight is 368 g/mol. The number of halogens is 2. The van der Waals surface area contributed by atoms with Crippen molar-refractivity contribution < 1.29 is 13.6 Å². The van der Waals surface area contributed by atoms with Gasteiger partial charge in [-0.25, -0.2) is 13.5 Å². The lowest BCUT2D eigenvalue weighted by Gasteiger charge is -2.26. The van der Waals surface area contributed by atoms with Crippen molar-refractivity contribution in [1.29, 1.82) is 0 Å². The summed E-state index contributed by atoms with van der Waals surface area (Å²) in [5, 5.41) is 4.12. The first-order chi connectivity index (χ1) is 13.1. The average Bonchev–Trinajstić information content (AvgIpc) is 3.18. The van der Waals surface area contributed by atoms with E-state index in [0.717, 1.165) is 32.0 Å². The van der Waals surface area contributed by atoms with Gasteiger partial charge in [-0.2, -0.15) is 5.10 Å². The van der Waals surface area contributed by atoms with Crippen LogP contribution in [0, 0.1) is 11.6 Å². The van der Waals surface area contributed by atoms with Gasteiger partial charge in [0.1, 0.15) is 11.5 Å². The van der Waals surface area contributed by atoms with Crippen LogP contribution in [0.1, 0.15) is 29.6 Å². The van der Waals surface area contributed by atoms with E-state index in [9.17, 15) is 13.6 Å². The highest BCUT2D eigenvalue weighted by atomic mass is 19.1. The molecule has 1 amide bonds. The molecule has 0 N–H and O–H groups in total. The second-order valence-electron chi connectivity index (χ2n) is 6.55. The molecule has 2 aromatic heterocycles. The van der Waals surface area contributed by atoms with E-state index in [4.69, 9.17) is 0 Å². The highest BCUT2D eigenvalue weighted by Gasteiger charge is 2.18. The van der Waals surface area contributed by atoms with E-state index in [1.54, 1.807) is 30.7 Å². The van der Waals surface area contributed by atoms with Gasteiger partial charge in [-0.1, -0.05) is 0 Å². The first-order valence-corrected chi connectivity index (χ1v) is 8.87. The van der Waals surface area contributed by atoms with E-state index in [1.165, 1.54) is 23.2 Å². The van der Waals surface area contributed by atoms with Crippen LogP contribution in [0.4, 0.5) is 8.78 Å². The van der Waals surface area contributed by atoms with Gasteiger partial charge in [-0.15, -0.1) is 0 Å². The second-order valence-corrected chi connectivity index (χ2v) is 6.55. The van der Waals surface area contributed by atoms with Gasteiger partial charge >= 0.3 is 0 Å². The number of likely N-dealkylation sites (tertiary alicyclic amines) is 1. The molecule has 1 aliphatic rings. The number of hydrogen-bond donors (Lipinski definition) is 0. The Morgan fingerprint density at radius 3 is 2.52 bits per heavy atom. The summed E-state index contributed by atoms with van der Waals surface area (Å²) in [5.41, 5.74) is 2.01. The molecule has 138 valence electrons. The minimum atomic E-state index is -0.694. The second kappa shape index (κ2) is 7.26. The molecule has 0 spiro atoms. The summed E-state index contributed by atoms with van der Waals surface area (Å²) in [6, 6.07) is 6.82. The molecule has 4 rings (SSSR count). The Bertz CT molecular complexity index is 962. The van der Waals surface area contributed by atoms with Gasteiger partial charge in [0, 0.05) is 37.1 Å². The predicted molar refractivity (Wildman–Crippen MR) is 96.5 cm³/mol. The highest BCUT2D eigenvalue weighted by Crippen LogP contribution is 2.21. The molecule has 0 aliphatic carbocycles. The number of pyridine rings is 1. The minimum Gasteiger partial charge on any atom is -0.339 e. The summed E-state index contributed by atoms with van der Waals surface area (Å²) in [4.78, 5) is 18.7. The van der Waals surface area contributed by atoms with Crippen molar-refractivity contribution >= 4 is 5.91 Å². The van der Waals surface area contributed by atoms with Gasteiger partial charge in [0.2, 0.25) is 0 Å². The largest absolute Gasteiger partial charge is 0.339 e. The molecule has 0 atom stereocenters. The van der Waals surface area contributed by atoms with Crippen molar-refractivity contribution in [1.82, 2.24) is 19.7 Å². The molecule has 0 saturated carbocycles. The first kappa shape index (κ1) is 17.3. The monoisotopic (exact) mass is 368 g/mol. The fraction of sp³-hybridized carbons (Fsp3) is 0.250. The van der Waals surface area contributed by atoms with Gasteiger partial charge in [-0.3, -0.25) is 9.78 Å². The molecular formula is C20H18F2N4O. The summed E-state index contributed by atoms with van der Waals surface area (Å²) >= 11 is 0. The van der Waals surface area contributed by atoms with Crippen molar-refractivity contribution in [3.8, 4) is 16.9 Å². The SMILES string of the molecule is O=C(c1ccc(-c2cnn(-c3ccc(F)cc3F)c2)nc1)N1CCCCC1. The summed E-state index contributed by atoms with van der Waals surface area (Å²) < 4.78 is 28.3. The zero-order valence-electron chi connectivity index (χ0n) is 14.6. The maximum Gasteiger partial charge on any atom is 0.255 e. The van der Waals surface area contributed by atoms with Gasteiger partial charge in [0.25, 0.3) is 5.91 Å². The van der Waals surface area contributed by atoms with Crippen LogP contribution in [-0.2, 0) is 0 Å². The molecule has 0 radical (unpaired) electrons. The van der Waals surface area contributed by atoms with Crippen LogP contribution in [0.2, 0.25) is 0 Å². The zero-order chi connectivity index (χ0) is 18.8. The van der Waals surface area contributed by atoms with Crippen molar-refractivity contribution in [2.75, 3.05) is 13.1 Å². The Hall–Kier alpha value is -3.09. The van der Waals surface area contributed by atoms with Crippen molar-refractivity contribution in [2.24, 2.45) is 0 Å². The Kier molecular flexibility index (Phi) is 4.66. The summed E-state index contributed by atoms with van der Waals surface area (Å²) in [5.74, 6) is -1.34. The van der Waals surface area contributed by atoms with Crippen LogP contribution in [0.15, 0.2) is 48.9 Å². The maximum atomic E-state index is 13.9. The number of aromatic nitrogens is 3. The number of rotatable bonds is 3. The number of benzene rings is 1. The third kappa shape index (κ3) is 3.58. The Morgan fingerprint density at radius 2 is 1.81 bits per heavy atom. The van der Waals surface area contributed by atoms with E-state index in [0.29, 0.717) is 16.8 Å². The predicted octanol–water partition coefficient (Wildman–Crippen LogP) is 3.84. The fourth-order valence-corrected chi connectivity index (χ4v) is 3.22. The smallest absolute Gasteiger partial charge is 0.255 e. The standard InChI is InChI=1S/C20H18F2N4O/c21-16-5-7-19(17(22)10-16)26-13-15(12-24-26)18-6-4-14(11-23-18)20(27)25-8-2-1-3-9-25/h4-7,10-13H,1-3,8-9H2.